The number of aryl methyl sites for hydroxylation is 1. The molecule has 1 saturated heterocycles. The predicted molar refractivity (Wildman–Crippen MR) is 117 cm³/mol. The Hall–Kier alpha value is -4.34. The van der Waals surface area contributed by atoms with Gasteiger partial charge in [0.05, 0.1) is 14.2 Å². The Balaban J connectivity index is 1.69. The van der Waals surface area contributed by atoms with E-state index in [0.717, 1.165) is 4.90 Å². The van der Waals surface area contributed by atoms with Gasteiger partial charge < -0.3 is 24.6 Å². The summed E-state index contributed by atoms with van der Waals surface area (Å²) in [6, 6.07) is 14.4. The van der Waals surface area contributed by atoms with Crippen molar-refractivity contribution in [3.05, 3.63) is 71.5 Å². The Labute approximate surface area is 189 Å². The van der Waals surface area contributed by atoms with Crippen molar-refractivity contribution in [2.75, 3.05) is 26.1 Å². The molecule has 0 saturated carbocycles. The van der Waals surface area contributed by atoms with E-state index in [4.69, 9.17) is 14.0 Å². The van der Waals surface area contributed by atoms with E-state index in [9.17, 15) is 14.4 Å². The molecule has 1 aliphatic heterocycles. The van der Waals surface area contributed by atoms with Crippen LogP contribution in [0.4, 0.5) is 10.6 Å². The van der Waals surface area contributed by atoms with E-state index in [0.29, 0.717) is 28.4 Å². The minimum absolute atomic E-state index is 0.195. The first-order valence-corrected chi connectivity index (χ1v) is 10.0. The van der Waals surface area contributed by atoms with Crippen LogP contribution in [0.5, 0.6) is 11.5 Å². The smallest absolute Gasteiger partial charge is 0.326 e. The predicted octanol–water partition coefficient (Wildman–Crippen LogP) is 2.43. The lowest BCUT2D eigenvalue weighted by molar-refractivity contribution is -0.133. The zero-order valence-corrected chi connectivity index (χ0v) is 18.2. The molecule has 33 heavy (non-hydrogen) atoms. The Kier molecular flexibility index (Phi) is 5.74. The monoisotopic (exact) mass is 450 g/mol. The number of hydrogen-bond acceptors (Lipinski definition) is 7. The molecule has 1 aromatic heterocycles. The maximum absolute atomic E-state index is 13.7. The molecule has 0 unspecified atom stereocenters. The second kappa shape index (κ2) is 8.65. The van der Waals surface area contributed by atoms with Gasteiger partial charge in [-0.25, -0.2) is 4.79 Å². The van der Waals surface area contributed by atoms with E-state index in [1.807, 2.05) is 0 Å². The van der Waals surface area contributed by atoms with Crippen LogP contribution in [0, 0.1) is 6.92 Å². The number of urea groups is 1. The van der Waals surface area contributed by atoms with Crippen LogP contribution in [0.2, 0.25) is 0 Å². The number of carbonyl (C=O) groups is 3. The Morgan fingerprint density at radius 1 is 1.03 bits per heavy atom. The number of amides is 4. The third kappa shape index (κ3) is 3.98. The van der Waals surface area contributed by atoms with Gasteiger partial charge in [-0.3, -0.25) is 14.5 Å². The summed E-state index contributed by atoms with van der Waals surface area (Å²) < 4.78 is 15.3. The van der Waals surface area contributed by atoms with E-state index in [-0.39, 0.29) is 5.82 Å². The Bertz CT molecular complexity index is 1140. The molecule has 170 valence electrons. The summed E-state index contributed by atoms with van der Waals surface area (Å²) in [7, 11) is 3.07. The minimum atomic E-state index is -1.53. The number of nitrogens with zero attached hydrogens (tertiary/aromatic N) is 2. The van der Waals surface area contributed by atoms with Gasteiger partial charge in [0.1, 0.15) is 23.8 Å². The average molecular weight is 450 g/mol. The molecular weight excluding hydrogens is 428 g/mol. The number of ether oxygens (including phenoxy) is 2. The number of hydrogen-bond donors (Lipinski definition) is 2. The van der Waals surface area contributed by atoms with Crippen molar-refractivity contribution in [3.8, 4) is 11.5 Å². The summed E-state index contributed by atoms with van der Waals surface area (Å²) in [4.78, 5) is 40.0. The Morgan fingerprint density at radius 3 is 2.03 bits per heavy atom. The van der Waals surface area contributed by atoms with Gasteiger partial charge >= 0.3 is 6.03 Å². The van der Waals surface area contributed by atoms with Crippen molar-refractivity contribution in [2.45, 2.75) is 12.5 Å². The van der Waals surface area contributed by atoms with Crippen molar-refractivity contribution < 1.29 is 28.4 Å². The highest BCUT2D eigenvalue weighted by Crippen LogP contribution is 2.37. The van der Waals surface area contributed by atoms with Crippen LogP contribution in [-0.4, -0.2) is 48.7 Å². The zero-order chi connectivity index (χ0) is 23.6. The molecule has 1 aliphatic rings. The lowest BCUT2D eigenvalue weighted by Crippen LogP contribution is -2.45. The topological polar surface area (TPSA) is 123 Å². The first-order chi connectivity index (χ1) is 15.9. The third-order valence-corrected chi connectivity index (χ3v) is 5.35. The van der Waals surface area contributed by atoms with E-state index in [1.165, 1.54) is 20.3 Å². The lowest BCUT2D eigenvalue weighted by Gasteiger charge is -2.28. The number of imide groups is 1. The second-order valence-corrected chi connectivity index (χ2v) is 7.40. The van der Waals surface area contributed by atoms with Crippen molar-refractivity contribution in [1.82, 2.24) is 15.4 Å². The highest BCUT2D eigenvalue weighted by molar-refractivity contribution is 6.12. The van der Waals surface area contributed by atoms with Crippen molar-refractivity contribution in [2.24, 2.45) is 0 Å². The average Bonchev–Trinajstić information content (AvgIpc) is 3.35. The number of aromatic nitrogens is 1. The van der Waals surface area contributed by atoms with Gasteiger partial charge in [-0.15, -0.1) is 0 Å². The molecule has 4 rings (SSSR count). The van der Waals surface area contributed by atoms with Gasteiger partial charge in [0.2, 0.25) is 5.91 Å². The highest BCUT2D eigenvalue weighted by Gasteiger charge is 2.54. The van der Waals surface area contributed by atoms with E-state index < -0.39 is 29.9 Å². The van der Waals surface area contributed by atoms with Crippen LogP contribution < -0.4 is 20.1 Å². The summed E-state index contributed by atoms with van der Waals surface area (Å²) in [6.45, 7) is 1.18. The van der Waals surface area contributed by atoms with Gasteiger partial charge in [-0.05, 0) is 42.3 Å². The van der Waals surface area contributed by atoms with Crippen LogP contribution in [0.3, 0.4) is 0 Å². The second-order valence-electron chi connectivity index (χ2n) is 7.40. The minimum Gasteiger partial charge on any atom is -0.497 e. The molecule has 0 spiro atoms. The van der Waals surface area contributed by atoms with E-state index in [2.05, 4.69) is 15.8 Å². The fraction of sp³-hybridized carbons (Fsp3) is 0.217. The maximum atomic E-state index is 13.7. The van der Waals surface area contributed by atoms with Gasteiger partial charge in [0.25, 0.3) is 5.91 Å². The van der Waals surface area contributed by atoms with E-state index in [1.54, 1.807) is 55.5 Å². The first kappa shape index (κ1) is 21.9. The first-order valence-electron chi connectivity index (χ1n) is 10.0. The van der Waals surface area contributed by atoms with Gasteiger partial charge in [-0.2, -0.15) is 0 Å². The molecule has 3 aromatic rings. The molecule has 1 fully saturated rings. The quantitative estimate of drug-likeness (QED) is 0.530. The fourth-order valence-electron chi connectivity index (χ4n) is 3.71. The molecule has 10 nitrogen and oxygen atoms in total. The van der Waals surface area contributed by atoms with E-state index >= 15 is 0 Å². The molecule has 4 amide bonds. The largest absolute Gasteiger partial charge is 0.497 e. The molecular formula is C23H22N4O6. The van der Waals surface area contributed by atoms with Crippen LogP contribution in [0.15, 0.2) is 59.1 Å². The summed E-state index contributed by atoms with van der Waals surface area (Å²) in [5.41, 5.74) is -0.496. The number of nitrogens with one attached hydrogen (secondary N) is 2. The van der Waals surface area contributed by atoms with Crippen molar-refractivity contribution in [3.63, 3.8) is 0 Å². The summed E-state index contributed by atoms with van der Waals surface area (Å²) in [5.74, 6) is 0.722. The Morgan fingerprint density at radius 2 is 1.58 bits per heavy atom. The normalized spacial score (nSPS) is 14.7. The molecule has 0 bridgehead atoms. The van der Waals surface area contributed by atoms with Gasteiger partial charge in [0, 0.05) is 6.07 Å². The lowest BCUT2D eigenvalue weighted by atomic mass is 9.82. The highest BCUT2D eigenvalue weighted by atomic mass is 16.5. The van der Waals surface area contributed by atoms with Crippen LogP contribution in [-0.2, 0) is 15.1 Å². The fourth-order valence-corrected chi connectivity index (χ4v) is 3.71. The van der Waals surface area contributed by atoms with Crippen LogP contribution in [0.25, 0.3) is 0 Å². The molecule has 0 atom stereocenters. The molecule has 10 heteroatoms. The van der Waals surface area contributed by atoms with Gasteiger partial charge in [0.15, 0.2) is 11.4 Å². The standard InChI is InChI=1S/C23H22N4O6/c1-14-12-19(26-33-14)24-20(28)13-27-21(29)23(25-22(27)30,15-4-8-17(31-2)9-5-15)16-6-10-18(32-3)11-7-16/h4-12H,13H2,1-3H3,(H,25,30)(H,24,26,28). The zero-order valence-electron chi connectivity index (χ0n) is 18.2. The van der Waals surface area contributed by atoms with Crippen LogP contribution >= 0.6 is 0 Å². The van der Waals surface area contributed by atoms with Crippen molar-refractivity contribution >= 4 is 23.7 Å². The SMILES string of the molecule is COc1ccc(C2(c3ccc(OC)cc3)NC(=O)N(CC(=O)Nc3cc(C)on3)C2=O)cc1. The van der Waals surface area contributed by atoms with Crippen molar-refractivity contribution in [1.29, 1.82) is 0 Å². The number of rotatable bonds is 7. The third-order valence-electron chi connectivity index (χ3n) is 5.35. The number of anilines is 1. The molecule has 2 N–H and O–H groups in total. The summed E-state index contributed by atoms with van der Waals surface area (Å²) in [5, 5.41) is 9.00. The molecule has 0 aliphatic carbocycles. The molecule has 0 radical (unpaired) electrons. The number of benzene rings is 2. The summed E-state index contributed by atoms with van der Waals surface area (Å²) in [6.07, 6.45) is 0. The van der Waals surface area contributed by atoms with Gasteiger partial charge in [-0.1, -0.05) is 29.4 Å². The molecule has 2 aromatic carbocycles. The number of carbonyl (C=O) groups excluding carboxylic acids is 3. The van der Waals surface area contributed by atoms with Crippen LogP contribution in [0.1, 0.15) is 16.9 Å². The summed E-state index contributed by atoms with van der Waals surface area (Å²) >= 11 is 0. The molecule has 2 heterocycles. The number of methoxy groups -OCH3 is 2. The maximum Gasteiger partial charge on any atom is 0.326 e.